The first-order valence-electron chi connectivity index (χ1n) is 6.58. The molecule has 0 spiro atoms. The maximum atomic E-state index is 13.5. The standard InChI is InChI=1S/C16H14F2OS/c17-16(18)10-13(19)9-12(16)5-3-6-14-8-11-4-1-2-7-15(11)20-14/h1-5,7-8,12H,6,9-10H2/b5-3+. The summed E-state index contributed by atoms with van der Waals surface area (Å²) in [4.78, 5) is 12.3. The Morgan fingerprint density at radius 3 is 2.85 bits per heavy atom. The van der Waals surface area contributed by atoms with E-state index in [0.29, 0.717) is 6.42 Å². The van der Waals surface area contributed by atoms with Gasteiger partial charge in [-0.25, -0.2) is 8.78 Å². The van der Waals surface area contributed by atoms with E-state index in [2.05, 4.69) is 12.1 Å². The number of Topliss-reactive ketones (excluding diaryl/α,β-unsaturated/α-hetero) is 1. The third kappa shape index (κ3) is 2.66. The molecule has 20 heavy (non-hydrogen) atoms. The quantitative estimate of drug-likeness (QED) is 0.755. The van der Waals surface area contributed by atoms with Gasteiger partial charge in [-0.1, -0.05) is 30.4 Å². The van der Waals surface area contributed by atoms with Crippen molar-refractivity contribution >= 4 is 27.2 Å². The first-order chi connectivity index (χ1) is 9.54. The van der Waals surface area contributed by atoms with Crippen molar-refractivity contribution in [1.82, 2.24) is 0 Å². The number of benzene rings is 1. The van der Waals surface area contributed by atoms with E-state index in [1.165, 1.54) is 16.2 Å². The molecule has 4 heteroatoms. The smallest absolute Gasteiger partial charge is 0.261 e. The van der Waals surface area contributed by atoms with E-state index in [-0.39, 0.29) is 12.2 Å². The molecule has 0 amide bonds. The minimum Gasteiger partial charge on any atom is -0.299 e. The van der Waals surface area contributed by atoms with Gasteiger partial charge in [-0.3, -0.25) is 4.79 Å². The summed E-state index contributed by atoms with van der Waals surface area (Å²) in [5, 5.41) is 1.18. The number of carbonyl (C=O) groups is 1. The van der Waals surface area contributed by atoms with E-state index >= 15 is 0 Å². The zero-order chi connectivity index (χ0) is 14.2. The van der Waals surface area contributed by atoms with Gasteiger partial charge in [-0.15, -0.1) is 11.3 Å². The van der Waals surface area contributed by atoms with Crippen LogP contribution in [0, 0.1) is 5.92 Å². The summed E-state index contributed by atoms with van der Waals surface area (Å²) in [7, 11) is 0. The van der Waals surface area contributed by atoms with Gasteiger partial charge in [0.25, 0.3) is 5.92 Å². The molecule has 1 saturated carbocycles. The third-order valence-electron chi connectivity index (χ3n) is 3.59. The van der Waals surface area contributed by atoms with Crippen LogP contribution in [0.15, 0.2) is 42.5 Å². The second-order valence-electron chi connectivity index (χ2n) is 5.17. The lowest BCUT2D eigenvalue weighted by Gasteiger charge is -2.13. The topological polar surface area (TPSA) is 17.1 Å². The first kappa shape index (κ1) is 13.4. The van der Waals surface area contributed by atoms with Gasteiger partial charge in [-0.05, 0) is 23.9 Å². The highest BCUT2D eigenvalue weighted by molar-refractivity contribution is 7.19. The average molecular weight is 292 g/mol. The van der Waals surface area contributed by atoms with Gasteiger partial charge in [0, 0.05) is 21.9 Å². The highest BCUT2D eigenvalue weighted by Gasteiger charge is 2.46. The summed E-state index contributed by atoms with van der Waals surface area (Å²) in [6, 6.07) is 10.2. The molecule has 2 aromatic rings. The Hall–Kier alpha value is -1.55. The van der Waals surface area contributed by atoms with Crippen LogP contribution < -0.4 is 0 Å². The highest BCUT2D eigenvalue weighted by Crippen LogP contribution is 2.39. The summed E-state index contributed by atoms with van der Waals surface area (Å²) in [5.74, 6) is -4.14. The van der Waals surface area contributed by atoms with Crippen molar-refractivity contribution in [2.45, 2.75) is 25.2 Å². The SMILES string of the molecule is O=C1CC(/C=C/Cc2cc3ccccc3s2)C(F)(F)C1. The van der Waals surface area contributed by atoms with Crippen molar-refractivity contribution < 1.29 is 13.6 Å². The molecule has 1 nitrogen and oxygen atoms in total. The number of carbonyl (C=O) groups excluding carboxylic acids is 1. The number of halogens is 2. The molecule has 1 aliphatic rings. The van der Waals surface area contributed by atoms with Crippen LogP contribution in [0.2, 0.25) is 0 Å². The van der Waals surface area contributed by atoms with Crippen molar-refractivity contribution in [2.24, 2.45) is 5.92 Å². The number of hydrogen-bond acceptors (Lipinski definition) is 2. The number of thiophene rings is 1. The lowest BCUT2D eigenvalue weighted by Crippen LogP contribution is -2.19. The second-order valence-corrected chi connectivity index (χ2v) is 6.34. The van der Waals surface area contributed by atoms with Crippen molar-refractivity contribution in [1.29, 1.82) is 0 Å². The molecule has 3 rings (SSSR count). The van der Waals surface area contributed by atoms with Crippen LogP contribution in [0.25, 0.3) is 10.1 Å². The van der Waals surface area contributed by atoms with Crippen LogP contribution in [-0.2, 0) is 11.2 Å². The van der Waals surface area contributed by atoms with E-state index in [1.54, 1.807) is 17.4 Å². The predicted octanol–water partition coefficient (Wildman–Crippen LogP) is 4.61. The summed E-state index contributed by atoms with van der Waals surface area (Å²) < 4.78 is 28.2. The summed E-state index contributed by atoms with van der Waals surface area (Å²) >= 11 is 1.67. The summed E-state index contributed by atoms with van der Waals surface area (Å²) in [6.45, 7) is 0. The number of allylic oxidation sites excluding steroid dienone is 2. The van der Waals surface area contributed by atoms with Crippen molar-refractivity contribution in [3.8, 4) is 0 Å². The van der Waals surface area contributed by atoms with Crippen LogP contribution in [0.4, 0.5) is 8.78 Å². The molecule has 0 saturated heterocycles. The molecular weight excluding hydrogens is 278 g/mol. The molecule has 104 valence electrons. The first-order valence-corrected chi connectivity index (χ1v) is 7.40. The van der Waals surface area contributed by atoms with Crippen LogP contribution in [-0.4, -0.2) is 11.7 Å². The molecule has 0 bridgehead atoms. The number of alkyl halides is 2. The molecule has 1 unspecified atom stereocenters. The average Bonchev–Trinajstić information content (AvgIpc) is 2.89. The van der Waals surface area contributed by atoms with Gasteiger partial charge >= 0.3 is 0 Å². The predicted molar refractivity (Wildman–Crippen MR) is 77.3 cm³/mol. The van der Waals surface area contributed by atoms with Gasteiger partial charge in [0.2, 0.25) is 0 Å². The Morgan fingerprint density at radius 1 is 1.35 bits per heavy atom. The number of hydrogen-bond donors (Lipinski definition) is 0. The van der Waals surface area contributed by atoms with E-state index in [9.17, 15) is 13.6 Å². The largest absolute Gasteiger partial charge is 0.299 e. The Morgan fingerprint density at radius 2 is 2.15 bits per heavy atom. The lowest BCUT2D eigenvalue weighted by atomic mass is 10.0. The Kier molecular flexibility index (Phi) is 3.42. The number of fused-ring (bicyclic) bond motifs is 1. The Bertz CT molecular complexity index is 639. The van der Waals surface area contributed by atoms with Gasteiger partial charge < -0.3 is 0 Å². The van der Waals surface area contributed by atoms with Gasteiger partial charge in [0.15, 0.2) is 0 Å². The molecule has 0 N–H and O–H groups in total. The minimum atomic E-state index is -2.87. The zero-order valence-corrected chi connectivity index (χ0v) is 11.6. The molecule has 1 aromatic heterocycles. The van der Waals surface area contributed by atoms with Crippen molar-refractivity contribution in [3.63, 3.8) is 0 Å². The Labute approximate surface area is 119 Å². The van der Waals surface area contributed by atoms with Gasteiger partial charge in [0.05, 0.1) is 6.42 Å². The maximum absolute atomic E-state index is 13.5. The molecule has 1 aliphatic carbocycles. The lowest BCUT2D eigenvalue weighted by molar-refractivity contribution is -0.119. The normalized spacial score (nSPS) is 22.1. The molecular formula is C16H14F2OS. The molecule has 0 radical (unpaired) electrons. The molecule has 1 aromatic carbocycles. The fourth-order valence-corrected chi connectivity index (χ4v) is 3.59. The molecule has 0 aliphatic heterocycles. The van der Waals surface area contributed by atoms with Crippen molar-refractivity contribution in [3.05, 3.63) is 47.4 Å². The van der Waals surface area contributed by atoms with E-state index < -0.39 is 18.3 Å². The van der Waals surface area contributed by atoms with Gasteiger partial charge in [-0.2, -0.15) is 0 Å². The van der Waals surface area contributed by atoms with E-state index in [1.807, 2.05) is 18.2 Å². The summed E-state index contributed by atoms with van der Waals surface area (Å²) in [5.41, 5.74) is 0. The van der Waals surface area contributed by atoms with E-state index in [0.717, 1.165) is 4.88 Å². The van der Waals surface area contributed by atoms with Crippen LogP contribution >= 0.6 is 11.3 Å². The van der Waals surface area contributed by atoms with Crippen LogP contribution in [0.1, 0.15) is 17.7 Å². The fourth-order valence-electron chi connectivity index (χ4n) is 2.56. The third-order valence-corrected chi connectivity index (χ3v) is 4.73. The molecule has 1 fully saturated rings. The second kappa shape index (κ2) is 5.09. The fraction of sp³-hybridized carbons (Fsp3) is 0.312. The maximum Gasteiger partial charge on any atom is 0.261 e. The van der Waals surface area contributed by atoms with E-state index in [4.69, 9.17) is 0 Å². The molecule has 1 heterocycles. The highest BCUT2D eigenvalue weighted by atomic mass is 32.1. The molecule has 1 atom stereocenters. The van der Waals surface area contributed by atoms with Crippen LogP contribution in [0.3, 0.4) is 0 Å². The summed E-state index contributed by atoms with van der Waals surface area (Å²) in [6.07, 6.45) is 3.28. The monoisotopic (exact) mass is 292 g/mol. The van der Waals surface area contributed by atoms with Crippen molar-refractivity contribution in [2.75, 3.05) is 0 Å². The van der Waals surface area contributed by atoms with Crippen LogP contribution in [0.5, 0.6) is 0 Å². The van der Waals surface area contributed by atoms with Gasteiger partial charge in [0.1, 0.15) is 5.78 Å². The minimum absolute atomic E-state index is 0.0318. The number of ketones is 1. The number of rotatable bonds is 3. The zero-order valence-electron chi connectivity index (χ0n) is 10.8. The Balaban J connectivity index is 1.70.